The molecule has 0 fully saturated rings. The number of halogens is 3. The number of benzene rings is 2. The van der Waals surface area contributed by atoms with Crippen LogP contribution < -0.4 is 0 Å². The molecule has 0 nitrogen and oxygen atoms in total. The van der Waals surface area contributed by atoms with Gasteiger partial charge in [0.25, 0.3) is 0 Å². The van der Waals surface area contributed by atoms with Gasteiger partial charge in [-0.2, -0.15) is 13.2 Å². The average Bonchev–Trinajstić information content (AvgIpc) is 2.63. The van der Waals surface area contributed by atoms with Gasteiger partial charge in [-0.1, -0.05) is 18.2 Å². The maximum Gasteiger partial charge on any atom is 0.416 e. The minimum atomic E-state index is -4.28. The molecule has 3 rings (SSSR count). The topological polar surface area (TPSA) is 0 Å². The van der Waals surface area contributed by atoms with E-state index in [1.165, 1.54) is 17.4 Å². The second kappa shape index (κ2) is 3.72. The van der Waals surface area contributed by atoms with E-state index in [1.54, 1.807) is 6.07 Å². The molecular formula is C14H9F3S. The Hall–Kier alpha value is -1.55. The monoisotopic (exact) mass is 266 g/mol. The van der Waals surface area contributed by atoms with Gasteiger partial charge in [0, 0.05) is 20.2 Å². The molecule has 0 amide bonds. The zero-order valence-corrected chi connectivity index (χ0v) is 10.3. The van der Waals surface area contributed by atoms with E-state index in [2.05, 4.69) is 0 Å². The Labute approximate surface area is 106 Å². The second-order valence-electron chi connectivity index (χ2n) is 4.31. The highest BCUT2D eigenvalue weighted by atomic mass is 32.1. The van der Waals surface area contributed by atoms with E-state index in [1.807, 2.05) is 25.1 Å². The number of alkyl halides is 3. The van der Waals surface area contributed by atoms with E-state index >= 15 is 0 Å². The molecule has 3 aromatic rings. The predicted molar refractivity (Wildman–Crippen MR) is 69.1 cm³/mol. The van der Waals surface area contributed by atoms with Gasteiger partial charge in [-0.3, -0.25) is 0 Å². The van der Waals surface area contributed by atoms with Crippen molar-refractivity contribution in [3.63, 3.8) is 0 Å². The van der Waals surface area contributed by atoms with Gasteiger partial charge in [-0.05, 0) is 30.7 Å². The molecule has 0 aliphatic rings. The van der Waals surface area contributed by atoms with Crippen LogP contribution in [-0.2, 0) is 6.18 Å². The summed E-state index contributed by atoms with van der Waals surface area (Å²) in [6.07, 6.45) is -4.28. The van der Waals surface area contributed by atoms with Crippen molar-refractivity contribution in [2.75, 3.05) is 0 Å². The molecule has 18 heavy (non-hydrogen) atoms. The summed E-state index contributed by atoms with van der Waals surface area (Å²) in [5.74, 6) is 0. The highest BCUT2D eigenvalue weighted by Crippen LogP contribution is 2.38. The fourth-order valence-corrected chi connectivity index (χ4v) is 3.30. The summed E-state index contributed by atoms with van der Waals surface area (Å²) in [5.41, 5.74) is 0.531. The number of aryl methyl sites for hydroxylation is 1. The van der Waals surface area contributed by atoms with E-state index in [-0.39, 0.29) is 0 Å². The Morgan fingerprint density at radius 1 is 0.889 bits per heavy atom. The Morgan fingerprint density at radius 2 is 1.50 bits per heavy atom. The van der Waals surface area contributed by atoms with Gasteiger partial charge in [-0.25, -0.2) is 0 Å². The van der Waals surface area contributed by atoms with Crippen molar-refractivity contribution in [3.8, 4) is 0 Å². The Balaban J connectivity index is 2.33. The van der Waals surface area contributed by atoms with Crippen LogP contribution in [0.1, 0.15) is 11.1 Å². The van der Waals surface area contributed by atoms with E-state index < -0.39 is 11.7 Å². The molecule has 0 saturated heterocycles. The van der Waals surface area contributed by atoms with Crippen LogP contribution in [0.15, 0.2) is 36.4 Å². The molecule has 0 aliphatic carbocycles. The third-order valence-corrected chi connectivity index (χ3v) is 4.07. The number of thiophene rings is 1. The first-order valence-corrected chi connectivity index (χ1v) is 6.27. The van der Waals surface area contributed by atoms with Crippen molar-refractivity contribution in [2.45, 2.75) is 13.1 Å². The lowest BCUT2D eigenvalue weighted by Crippen LogP contribution is -2.03. The normalized spacial score (nSPS) is 12.4. The van der Waals surface area contributed by atoms with Crippen LogP contribution >= 0.6 is 11.3 Å². The molecule has 2 aromatic carbocycles. The molecule has 1 heterocycles. The third-order valence-electron chi connectivity index (χ3n) is 2.96. The molecule has 0 saturated carbocycles. The maximum atomic E-state index is 12.6. The predicted octanol–water partition coefficient (Wildman–Crippen LogP) is 5.38. The lowest BCUT2D eigenvalue weighted by molar-refractivity contribution is -0.137. The summed E-state index contributed by atoms with van der Waals surface area (Å²) in [4.78, 5) is 0. The summed E-state index contributed by atoms with van der Waals surface area (Å²) in [6, 6.07) is 9.90. The number of hydrogen-bond donors (Lipinski definition) is 0. The van der Waals surface area contributed by atoms with Crippen molar-refractivity contribution in [1.82, 2.24) is 0 Å². The van der Waals surface area contributed by atoms with Crippen LogP contribution in [0.25, 0.3) is 20.2 Å². The Morgan fingerprint density at radius 3 is 2.17 bits per heavy atom. The van der Waals surface area contributed by atoms with E-state index in [9.17, 15) is 13.2 Å². The first-order chi connectivity index (χ1) is 8.45. The van der Waals surface area contributed by atoms with E-state index in [0.29, 0.717) is 4.70 Å². The molecule has 0 radical (unpaired) electrons. The van der Waals surface area contributed by atoms with Gasteiger partial charge in [-0.15, -0.1) is 11.3 Å². The fourth-order valence-electron chi connectivity index (χ4n) is 2.06. The van der Waals surface area contributed by atoms with Crippen LogP contribution in [0.4, 0.5) is 13.2 Å². The van der Waals surface area contributed by atoms with Crippen molar-refractivity contribution in [2.24, 2.45) is 0 Å². The zero-order valence-electron chi connectivity index (χ0n) is 9.51. The molecule has 0 N–H and O–H groups in total. The van der Waals surface area contributed by atoms with Crippen molar-refractivity contribution in [1.29, 1.82) is 0 Å². The molecule has 0 aliphatic heterocycles. The molecule has 0 bridgehead atoms. The van der Waals surface area contributed by atoms with Crippen LogP contribution in [0, 0.1) is 6.92 Å². The third kappa shape index (κ3) is 1.77. The molecule has 0 atom stereocenters. The summed E-state index contributed by atoms with van der Waals surface area (Å²) < 4.78 is 39.6. The SMILES string of the molecule is Cc1ccc2c(c1)sc1cc(C(F)(F)F)ccc12. The Bertz CT molecular complexity index is 738. The molecule has 1 aromatic heterocycles. The number of fused-ring (bicyclic) bond motifs is 3. The van der Waals surface area contributed by atoms with Gasteiger partial charge in [0.15, 0.2) is 0 Å². The van der Waals surface area contributed by atoms with Crippen molar-refractivity contribution in [3.05, 3.63) is 47.5 Å². The first-order valence-electron chi connectivity index (χ1n) is 5.45. The Kier molecular flexibility index (Phi) is 2.38. The number of rotatable bonds is 0. The van der Waals surface area contributed by atoms with Gasteiger partial charge < -0.3 is 0 Å². The molecule has 92 valence electrons. The van der Waals surface area contributed by atoms with E-state index in [0.717, 1.165) is 27.1 Å². The van der Waals surface area contributed by atoms with Gasteiger partial charge >= 0.3 is 6.18 Å². The van der Waals surface area contributed by atoms with Crippen LogP contribution in [0.3, 0.4) is 0 Å². The quantitative estimate of drug-likeness (QED) is 0.512. The highest BCUT2D eigenvalue weighted by Gasteiger charge is 2.30. The zero-order chi connectivity index (χ0) is 12.9. The van der Waals surface area contributed by atoms with Crippen molar-refractivity contribution < 1.29 is 13.2 Å². The number of hydrogen-bond acceptors (Lipinski definition) is 1. The first kappa shape index (κ1) is 11.5. The fraction of sp³-hybridized carbons (Fsp3) is 0.143. The summed E-state index contributed by atoms with van der Waals surface area (Å²) in [6.45, 7) is 1.98. The van der Waals surface area contributed by atoms with E-state index in [4.69, 9.17) is 0 Å². The molecular weight excluding hydrogens is 257 g/mol. The summed E-state index contributed by atoms with van der Waals surface area (Å²) in [5, 5.41) is 1.91. The largest absolute Gasteiger partial charge is 0.416 e. The van der Waals surface area contributed by atoms with Crippen LogP contribution in [0.5, 0.6) is 0 Å². The molecule has 0 unspecified atom stereocenters. The lowest BCUT2D eigenvalue weighted by atomic mass is 10.1. The van der Waals surface area contributed by atoms with Gasteiger partial charge in [0.05, 0.1) is 5.56 Å². The summed E-state index contributed by atoms with van der Waals surface area (Å²) >= 11 is 1.41. The van der Waals surface area contributed by atoms with Crippen LogP contribution in [-0.4, -0.2) is 0 Å². The van der Waals surface area contributed by atoms with Gasteiger partial charge in [0.2, 0.25) is 0 Å². The standard InChI is InChI=1S/C14H9F3S/c1-8-2-4-10-11-5-3-9(14(15,16)17)7-13(11)18-12(10)6-8/h2-7H,1H3. The molecule has 4 heteroatoms. The lowest BCUT2D eigenvalue weighted by Gasteiger charge is -2.05. The summed E-state index contributed by atoms with van der Waals surface area (Å²) in [7, 11) is 0. The van der Waals surface area contributed by atoms with Crippen molar-refractivity contribution >= 4 is 31.5 Å². The minimum Gasteiger partial charge on any atom is -0.166 e. The average molecular weight is 266 g/mol. The van der Waals surface area contributed by atoms with Gasteiger partial charge in [0.1, 0.15) is 0 Å². The maximum absolute atomic E-state index is 12.6. The minimum absolute atomic E-state index is 0.585. The second-order valence-corrected chi connectivity index (χ2v) is 5.39. The highest BCUT2D eigenvalue weighted by molar-refractivity contribution is 7.25. The molecule has 0 spiro atoms. The smallest absolute Gasteiger partial charge is 0.166 e. The van der Waals surface area contributed by atoms with Crippen LogP contribution in [0.2, 0.25) is 0 Å².